The zero-order valence-corrected chi connectivity index (χ0v) is 17.7. The Morgan fingerprint density at radius 1 is 1.17 bits per heavy atom. The number of rotatable bonds is 5. The maximum Gasteiger partial charge on any atom is 0.339 e. The van der Waals surface area contributed by atoms with Crippen molar-refractivity contribution >= 4 is 16.9 Å². The first kappa shape index (κ1) is 20.6. The average molecular weight is 394 g/mol. The van der Waals surface area contributed by atoms with Crippen LogP contribution in [-0.4, -0.2) is 28.9 Å². The predicted octanol–water partition coefficient (Wildman–Crippen LogP) is 3.85. The van der Waals surface area contributed by atoms with Gasteiger partial charge >= 0.3 is 5.63 Å². The van der Waals surface area contributed by atoms with Crippen molar-refractivity contribution in [2.24, 2.45) is 0 Å². The van der Waals surface area contributed by atoms with Gasteiger partial charge in [0.25, 0.3) is 5.91 Å². The van der Waals surface area contributed by atoms with Crippen molar-refractivity contribution in [1.29, 1.82) is 0 Å². The molecule has 0 saturated carbocycles. The van der Waals surface area contributed by atoms with Crippen LogP contribution in [0.1, 0.15) is 34.9 Å². The molecule has 3 rings (SSSR count). The third-order valence-electron chi connectivity index (χ3n) is 5.07. The van der Waals surface area contributed by atoms with Gasteiger partial charge in [-0.3, -0.25) is 9.78 Å². The highest BCUT2D eigenvalue weighted by Gasteiger charge is 2.22. The summed E-state index contributed by atoms with van der Waals surface area (Å²) >= 11 is 0. The molecule has 0 N–H and O–H groups in total. The average Bonchev–Trinajstić information content (AvgIpc) is 2.65. The smallest absolute Gasteiger partial charge is 0.339 e. The predicted molar refractivity (Wildman–Crippen MR) is 112 cm³/mol. The Labute approximate surface area is 170 Å². The summed E-state index contributed by atoms with van der Waals surface area (Å²) < 4.78 is 11.5. The van der Waals surface area contributed by atoms with E-state index >= 15 is 0 Å². The van der Waals surface area contributed by atoms with Gasteiger partial charge in [0, 0.05) is 31.0 Å². The zero-order chi connectivity index (χ0) is 21.3. The van der Waals surface area contributed by atoms with Crippen LogP contribution in [0.15, 0.2) is 39.7 Å². The molecule has 1 atom stereocenters. The highest BCUT2D eigenvalue weighted by atomic mass is 16.5. The summed E-state index contributed by atoms with van der Waals surface area (Å²) in [6, 6.07) is 7.52. The molecule has 29 heavy (non-hydrogen) atoms. The van der Waals surface area contributed by atoms with Crippen LogP contribution in [-0.2, 0) is 11.3 Å². The first-order valence-electron chi connectivity index (χ1n) is 9.55. The van der Waals surface area contributed by atoms with E-state index < -0.39 is 6.10 Å². The molecule has 0 radical (unpaired) electrons. The quantitative estimate of drug-likeness (QED) is 0.615. The number of ether oxygens (including phenoxy) is 1. The normalized spacial score (nSPS) is 12.1. The van der Waals surface area contributed by atoms with Crippen molar-refractivity contribution in [2.45, 2.75) is 47.3 Å². The number of likely N-dealkylation sites (N-methyl/N-ethyl adjacent to an activating group) is 1. The standard InChI is InChI=1S/C23H26N2O4/c1-13-9-19(21-15(3)16(4)23(27)29-20(21)10-13)28-17(5)22(26)25(6)12-18-7-8-24-14(2)11-18/h7-11,17H,12H2,1-6H3. The Balaban J connectivity index is 1.87. The van der Waals surface area contributed by atoms with Crippen LogP contribution < -0.4 is 10.4 Å². The number of pyridine rings is 1. The van der Waals surface area contributed by atoms with Crippen molar-refractivity contribution in [1.82, 2.24) is 9.88 Å². The van der Waals surface area contributed by atoms with Gasteiger partial charge in [0.1, 0.15) is 11.3 Å². The van der Waals surface area contributed by atoms with Crippen molar-refractivity contribution in [3.8, 4) is 5.75 Å². The van der Waals surface area contributed by atoms with E-state index in [1.807, 2.05) is 39.0 Å². The van der Waals surface area contributed by atoms with Crippen molar-refractivity contribution < 1.29 is 13.9 Å². The highest BCUT2D eigenvalue weighted by molar-refractivity contribution is 5.89. The van der Waals surface area contributed by atoms with Crippen LogP contribution in [0.2, 0.25) is 0 Å². The molecule has 6 heteroatoms. The molecule has 3 aromatic rings. The number of aryl methyl sites for hydroxylation is 3. The van der Waals surface area contributed by atoms with Crippen LogP contribution in [0.3, 0.4) is 0 Å². The number of hydrogen-bond acceptors (Lipinski definition) is 5. The molecule has 1 aromatic carbocycles. The van der Waals surface area contributed by atoms with Crippen LogP contribution >= 0.6 is 0 Å². The van der Waals surface area contributed by atoms with E-state index in [1.54, 1.807) is 38.1 Å². The molecular weight excluding hydrogens is 368 g/mol. The van der Waals surface area contributed by atoms with Crippen LogP contribution in [0, 0.1) is 27.7 Å². The summed E-state index contributed by atoms with van der Waals surface area (Å²) in [5, 5.41) is 0.722. The molecule has 0 aliphatic heterocycles. The maximum atomic E-state index is 12.9. The number of carbonyl (C=O) groups is 1. The van der Waals surface area contributed by atoms with Gasteiger partial charge in [0.05, 0.1) is 5.39 Å². The van der Waals surface area contributed by atoms with Crippen LogP contribution in [0.25, 0.3) is 11.0 Å². The molecule has 152 valence electrons. The number of amides is 1. The summed E-state index contributed by atoms with van der Waals surface area (Å²) in [5.74, 6) is 0.402. The molecule has 1 amide bonds. The fraction of sp³-hybridized carbons (Fsp3) is 0.348. The van der Waals surface area contributed by atoms with Crippen LogP contribution in [0.4, 0.5) is 0 Å². The molecule has 0 bridgehead atoms. The molecule has 0 spiro atoms. The molecule has 0 aliphatic rings. The molecule has 0 fully saturated rings. The number of aromatic nitrogens is 1. The third kappa shape index (κ3) is 4.31. The van der Waals surface area contributed by atoms with E-state index in [0.29, 0.717) is 23.4 Å². The fourth-order valence-corrected chi connectivity index (χ4v) is 3.39. The molecular formula is C23H26N2O4. The summed E-state index contributed by atoms with van der Waals surface area (Å²) in [5.41, 5.74) is 4.25. The zero-order valence-electron chi connectivity index (χ0n) is 17.7. The maximum absolute atomic E-state index is 12.9. The van der Waals surface area contributed by atoms with Crippen LogP contribution in [0.5, 0.6) is 5.75 Å². The minimum atomic E-state index is -0.695. The van der Waals surface area contributed by atoms with E-state index in [2.05, 4.69) is 4.98 Å². The molecule has 0 saturated heterocycles. The summed E-state index contributed by atoms with van der Waals surface area (Å²) in [4.78, 5) is 30.7. The second kappa shape index (κ2) is 8.07. The lowest BCUT2D eigenvalue weighted by Gasteiger charge is -2.23. The molecule has 0 aliphatic carbocycles. The Morgan fingerprint density at radius 2 is 1.90 bits per heavy atom. The monoisotopic (exact) mass is 394 g/mol. The van der Waals surface area contributed by atoms with E-state index in [0.717, 1.165) is 27.8 Å². The van der Waals surface area contributed by atoms with Gasteiger partial charge in [-0.1, -0.05) is 0 Å². The molecule has 6 nitrogen and oxygen atoms in total. The van der Waals surface area contributed by atoms with E-state index in [1.165, 1.54) is 0 Å². The molecule has 2 aromatic heterocycles. The molecule has 1 unspecified atom stereocenters. The Morgan fingerprint density at radius 3 is 2.59 bits per heavy atom. The first-order chi connectivity index (χ1) is 13.7. The van der Waals surface area contributed by atoms with Gasteiger partial charge in [0.2, 0.25) is 0 Å². The summed E-state index contributed by atoms with van der Waals surface area (Å²) in [7, 11) is 1.75. The first-order valence-corrected chi connectivity index (χ1v) is 9.55. The Hall–Kier alpha value is -3.15. The second-order valence-corrected chi connectivity index (χ2v) is 7.54. The van der Waals surface area contributed by atoms with Crippen molar-refractivity contribution in [3.63, 3.8) is 0 Å². The van der Waals surface area contributed by atoms with Gasteiger partial charge in [-0.15, -0.1) is 0 Å². The highest BCUT2D eigenvalue weighted by Crippen LogP contribution is 2.31. The van der Waals surface area contributed by atoms with Gasteiger partial charge in [0.15, 0.2) is 6.10 Å². The SMILES string of the molecule is Cc1cc(OC(C)C(=O)N(C)Cc2ccnc(C)c2)c2c(C)c(C)c(=O)oc2c1. The van der Waals surface area contributed by atoms with Gasteiger partial charge in [-0.25, -0.2) is 4.79 Å². The van der Waals surface area contributed by atoms with Crippen molar-refractivity contribution in [3.05, 3.63) is 68.8 Å². The number of benzene rings is 1. The molecule has 2 heterocycles. The third-order valence-corrected chi connectivity index (χ3v) is 5.07. The van der Waals surface area contributed by atoms with E-state index in [-0.39, 0.29) is 11.5 Å². The van der Waals surface area contributed by atoms with Gasteiger partial charge < -0.3 is 14.1 Å². The minimum absolute atomic E-state index is 0.138. The second-order valence-electron chi connectivity index (χ2n) is 7.54. The summed E-state index contributed by atoms with van der Waals surface area (Å²) in [6.45, 7) is 9.60. The largest absolute Gasteiger partial charge is 0.480 e. The Bertz CT molecular complexity index is 1130. The van der Waals surface area contributed by atoms with Gasteiger partial charge in [-0.05, 0) is 75.6 Å². The number of nitrogens with zero attached hydrogens (tertiary/aromatic N) is 2. The van der Waals surface area contributed by atoms with Crippen molar-refractivity contribution in [2.75, 3.05) is 7.05 Å². The van der Waals surface area contributed by atoms with E-state index in [4.69, 9.17) is 9.15 Å². The number of hydrogen-bond donors (Lipinski definition) is 0. The lowest BCUT2D eigenvalue weighted by Crippen LogP contribution is -2.37. The topological polar surface area (TPSA) is 72.6 Å². The lowest BCUT2D eigenvalue weighted by atomic mass is 10.0. The van der Waals surface area contributed by atoms with E-state index in [9.17, 15) is 9.59 Å². The minimum Gasteiger partial charge on any atom is -0.480 e. The number of carbonyl (C=O) groups excluding carboxylic acids is 1. The lowest BCUT2D eigenvalue weighted by molar-refractivity contribution is -0.137. The van der Waals surface area contributed by atoms with Gasteiger partial charge in [-0.2, -0.15) is 0 Å². The summed E-state index contributed by atoms with van der Waals surface area (Å²) in [6.07, 6.45) is 1.04. The fourth-order valence-electron chi connectivity index (χ4n) is 3.39. The number of fused-ring (bicyclic) bond motifs is 1. The Kier molecular flexibility index (Phi) is 5.73.